The highest BCUT2D eigenvalue weighted by Gasteiger charge is 2.20. The number of aromatic nitrogens is 3. The summed E-state index contributed by atoms with van der Waals surface area (Å²) in [5.74, 6) is 1.46. The molecule has 27 heavy (non-hydrogen) atoms. The van der Waals surface area contributed by atoms with Gasteiger partial charge in [0, 0.05) is 47.6 Å². The third-order valence-corrected chi connectivity index (χ3v) is 5.25. The van der Waals surface area contributed by atoms with Crippen LogP contribution in [0.1, 0.15) is 22.4 Å². The van der Waals surface area contributed by atoms with E-state index < -0.39 is 0 Å². The Morgan fingerprint density at radius 2 is 1.96 bits per heavy atom. The third kappa shape index (κ3) is 4.01. The maximum atomic E-state index is 5.41. The molecule has 0 amide bonds. The van der Waals surface area contributed by atoms with Crippen molar-refractivity contribution in [3.63, 3.8) is 0 Å². The van der Waals surface area contributed by atoms with E-state index in [-0.39, 0.29) is 0 Å². The van der Waals surface area contributed by atoms with E-state index in [1.54, 1.807) is 13.3 Å². The van der Waals surface area contributed by atoms with Crippen molar-refractivity contribution in [3.8, 4) is 17.3 Å². The van der Waals surface area contributed by atoms with Crippen LogP contribution in [0, 0.1) is 6.92 Å². The number of benzene rings is 1. The van der Waals surface area contributed by atoms with Crippen LogP contribution in [-0.2, 0) is 19.5 Å². The second kappa shape index (κ2) is 7.74. The van der Waals surface area contributed by atoms with Gasteiger partial charge in [-0.05, 0) is 40.9 Å². The fourth-order valence-electron chi connectivity index (χ4n) is 3.34. The molecule has 0 atom stereocenters. The summed E-state index contributed by atoms with van der Waals surface area (Å²) in [5, 5.41) is 0. The molecule has 0 saturated heterocycles. The molecule has 0 saturated carbocycles. The maximum absolute atomic E-state index is 5.41. The quantitative estimate of drug-likeness (QED) is 0.628. The van der Waals surface area contributed by atoms with Crippen molar-refractivity contribution in [2.75, 3.05) is 13.7 Å². The van der Waals surface area contributed by atoms with E-state index in [0.717, 1.165) is 53.2 Å². The van der Waals surface area contributed by atoms with E-state index in [1.807, 2.05) is 6.20 Å². The Morgan fingerprint density at radius 3 is 2.74 bits per heavy atom. The van der Waals surface area contributed by atoms with Crippen molar-refractivity contribution >= 4 is 15.9 Å². The molecule has 0 unspecified atom stereocenters. The van der Waals surface area contributed by atoms with Crippen LogP contribution in [0.2, 0.25) is 0 Å². The summed E-state index contributed by atoms with van der Waals surface area (Å²) in [4.78, 5) is 16.2. The molecule has 6 heteroatoms. The zero-order valence-corrected chi connectivity index (χ0v) is 17.0. The average molecular weight is 425 g/mol. The van der Waals surface area contributed by atoms with Gasteiger partial charge in [-0.1, -0.05) is 29.8 Å². The van der Waals surface area contributed by atoms with Crippen molar-refractivity contribution in [2.24, 2.45) is 0 Å². The highest BCUT2D eigenvalue weighted by molar-refractivity contribution is 9.10. The first-order valence-corrected chi connectivity index (χ1v) is 9.74. The van der Waals surface area contributed by atoms with Crippen LogP contribution < -0.4 is 4.74 Å². The van der Waals surface area contributed by atoms with Gasteiger partial charge in [0.1, 0.15) is 0 Å². The number of ether oxygens (including phenoxy) is 1. The van der Waals surface area contributed by atoms with Gasteiger partial charge in [0.05, 0.1) is 12.8 Å². The van der Waals surface area contributed by atoms with Crippen molar-refractivity contribution in [1.29, 1.82) is 0 Å². The number of methoxy groups -OCH3 is 1. The molecule has 1 aliphatic heterocycles. The predicted molar refractivity (Wildman–Crippen MR) is 109 cm³/mol. The van der Waals surface area contributed by atoms with E-state index in [9.17, 15) is 0 Å². The van der Waals surface area contributed by atoms with Crippen LogP contribution >= 0.6 is 15.9 Å². The van der Waals surface area contributed by atoms with Gasteiger partial charge in [0.25, 0.3) is 0 Å². The van der Waals surface area contributed by atoms with Gasteiger partial charge < -0.3 is 4.74 Å². The zero-order valence-electron chi connectivity index (χ0n) is 15.4. The SMILES string of the molecule is COc1ncc(Br)cc1CN1CCc2cnc(-c3ccc(C)cc3)nc2C1. The molecular formula is C21H21BrN4O. The van der Waals surface area contributed by atoms with Gasteiger partial charge in [0.15, 0.2) is 5.82 Å². The monoisotopic (exact) mass is 424 g/mol. The minimum Gasteiger partial charge on any atom is -0.481 e. The zero-order chi connectivity index (χ0) is 18.8. The number of halogens is 1. The largest absolute Gasteiger partial charge is 0.481 e. The first-order chi connectivity index (χ1) is 13.1. The van der Waals surface area contributed by atoms with E-state index in [1.165, 1.54) is 11.1 Å². The normalized spacial score (nSPS) is 14.0. The molecule has 1 aliphatic rings. The van der Waals surface area contributed by atoms with Crippen LogP contribution in [0.3, 0.4) is 0 Å². The molecule has 0 spiro atoms. The highest BCUT2D eigenvalue weighted by atomic mass is 79.9. The molecule has 5 nitrogen and oxygen atoms in total. The molecule has 2 aromatic heterocycles. The number of aryl methyl sites for hydroxylation is 1. The summed E-state index contributed by atoms with van der Waals surface area (Å²) >= 11 is 3.50. The number of nitrogens with zero attached hydrogens (tertiary/aromatic N) is 4. The van der Waals surface area contributed by atoms with Gasteiger partial charge in [-0.25, -0.2) is 15.0 Å². The number of hydrogen-bond donors (Lipinski definition) is 0. The average Bonchev–Trinajstić information content (AvgIpc) is 2.68. The Balaban J connectivity index is 1.56. The Morgan fingerprint density at radius 1 is 1.15 bits per heavy atom. The summed E-state index contributed by atoms with van der Waals surface area (Å²) in [6, 6.07) is 10.4. The lowest BCUT2D eigenvalue weighted by molar-refractivity contribution is 0.236. The van der Waals surface area contributed by atoms with Crippen LogP contribution in [0.4, 0.5) is 0 Å². The number of pyridine rings is 1. The summed E-state index contributed by atoms with van der Waals surface area (Å²) < 4.78 is 6.37. The fraction of sp³-hybridized carbons (Fsp3) is 0.286. The minimum atomic E-state index is 0.673. The number of rotatable bonds is 4. The van der Waals surface area contributed by atoms with Gasteiger partial charge in [0.2, 0.25) is 5.88 Å². The molecule has 0 fully saturated rings. The lowest BCUT2D eigenvalue weighted by atomic mass is 10.1. The summed E-state index contributed by atoms with van der Waals surface area (Å²) in [5.41, 5.74) is 5.70. The molecule has 0 aliphatic carbocycles. The molecule has 0 radical (unpaired) electrons. The molecule has 138 valence electrons. The fourth-order valence-corrected chi connectivity index (χ4v) is 3.72. The number of fused-ring (bicyclic) bond motifs is 1. The highest BCUT2D eigenvalue weighted by Crippen LogP contribution is 2.25. The Labute approximate surface area is 167 Å². The summed E-state index contributed by atoms with van der Waals surface area (Å²) in [6.07, 6.45) is 4.69. The smallest absolute Gasteiger partial charge is 0.217 e. The molecule has 3 heterocycles. The maximum Gasteiger partial charge on any atom is 0.217 e. The van der Waals surface area contributed by atoms with Crippen molar-refractivity contribution in [3.05, 3.63) is 69.6 Å². The van der Waals surface area contributed by atoms with Crippen LogP contribution in [0.15, 0.2) is 47.2 Å². The Kier molecular flexibility index (Phi) is 5.18. The third-order valence-electron chi connectivity index (χ3n) is 4.81. The van der Waals surface area contributed by atoms with E-state index in [2.05, 4.69) is 68.1 Å². The lowest BCUT2D eigenvalue weighted by Gasteiger charge is -2.28. The summed E-state index contributed by atoms with van der Waals surface area (Å²) in [7, 11) is 1.66. The second-order valence-electron chi connectivity index (χ2n) is 6.81. The van der Waals surface area contributed by atoms with Crippen LogP contribution in [-0.4, -0.2) is 33.5 Å². The van der Waals surface area contributed by atoms with Crippen molar-refractivity contribution < 1.29 is 4.74 Å². The van der Waals surface area contributed by atoms with E-state index in [0.29, 0.717) is 5.88 Å². The van der Waals surface area contributed by atoms with E-state index >= 15 is 0 Å². The molecule has 3 aromatic rings. The second-order valence-corrected chi connectivity index (χ2v) is 7.73. The molecular weight excluding hydrogens is 404 g/mol. The Bertz CT molecular complexity index is 959. The molecule has 0 bridgehead atoms. The standard InChI is InChI=1S/C21H21BrN4O/c1-14-3-5-15(6-4-14)20-23-10-16-7-8-26(13-19(16)25-20)12-17-9-18(22)11-24-21(17)27-2/h3-6,9-11H,7-8,12-13H2,1-2H3. The lowest BCUT2D eigenvalue weighted by Crippen LogP contribution is -2.31. The van der Waals surface area contributed by atoms with Crippen LogP contribution in [0.25, 0.3) is 11.4 Å². The predicted octanol–water partition coefficient (Wildman–Crippen LogP) is 4.18. The minimum absolute atomic E-state index is 0.673. The number of hydrogen-bond acceptors (Lipinski definition) is 5. The molecule has 4 rings (SSSR count). The van der Waals surface area contributed by atoms with E-state index in [4.69, 9.17) is 9.72 Å². The van der Waals surface area contributed by atoms with Gasteiger partial charge in [-0.2, -0.15) is 0 Å². The van der Waals surface area contributed by atoms with Gasteiger partial charge in [-0.3, -0.25) is 4.90 Å². The summed E-state index contributed by atoms with van der Waals surface area (Å²) in [6.45, 7) is 4.63. The first-order valence-electron chi connectivity index (χ1n) is 8.95. The van der Waals surface area contributed by atoms with Crippen molar-refractivity contribution in [2.45, 2.75) is 26.4 Å². The van der Waals surface area contributed by atoms with Gasteiger partial charge >= 0.3 is 0 Å². The Hall–Kier alpha value is -2.31. The molecule has 0 N–H and O–H groups in total. The van der Waals surface area contributed by atoms with Crippen molar-refractivity contribution in [1.82, 2.24) is 19.9 Å². The topological polar surface area (TPSA) is 51.1 Å². The van der Waals surface area contributed by atoms with Gasteiger partial charge in [-0.15, -0.1) is 0 Å². The van der Waals surface area contributed by atoms with Crippen LogP contribution in [0.5, 0.6) is 5.88 Å². The first kappa shape index (κ1) is 18.1. The molecule has 1 aromatic carbocycles.